The average Bonchev–Trinajstić information content (AvgIpc) is 2.61. The molecule has 144 valence electrons. The summed E-state index contributed by atoms with van der Waals surface area (Å²) >= 11 is 6.11. The number of hydrogen-bond donors (Lipinski definition) is 0. The van der Waals surface area contributed by atoms with Gasteiger partial charge in [0, 0.05) is 39.3 Å². The number of carbonyl (C=O) groups excluding carboxylic acids is 1. The first-order chi connectivity index (χ1) is 12.3. The minimum Gasteiger partial charge on any atom is -0.444 e. The summed E-state index contributed by atoms with van der Waals surface area (Å²) in [6, 6.07) is 0. The normalized spacial score (nSPS) is 18.8. The van der Waals surface area contributed by atoms with Gasteiger partial charge in [0.1, 0.15) is 5.60 Å². The molecule has 0 saturated carbocycles. The number of halogens is 1. The van der Waals surface area contributed by atoms with E-state index in [1.54, 1.807) is 4.90 Å². The molecule has 2 fully saturated rings. The highest BCUT2D eigenvalue weighted by molar-refractivity contribution is 6.28. The molecule has 0 unspecified atom stereocenters. The van der Waals surface area contributed by atoms with Gasteiger partial charge >= 0.3 is 6.09 Å². The molecule has 0 spiro atoms. The standard InChI is InChI=1S/C16H25ClN6O3/c1-16(2,3)26-15(24)23-6-4-21(5-7-23)13-18-12(17)19-14(20-13)22-8-10-25-11-9-22/h4-11H2,1-3H3. The molecule has 9 nitrogen and oxygen atoms in total. The fourth-order valence-corrected chi connectivity index (χ4v) is 2.94. The van der Waals surface area contributed by atoms with E-state index in [0.717, 1.165) is 13.1 Å². The number of anilines is 2. The molecular weight excluding hydrogens is 360 g/mol. The number of piperazine rings is 1. The predicted octanol–water partition coefficient (Wildman–Crippen LogP) is 1.42. The van der Waals surface area contributed by atoms with Crippen molar-refractivity contribution in [1.82, 2.24) is 19.9 Å². The highest BCUT2D eigenvalue weighted by atomic mass is 35.5. The number of amides is 1. The van der Waals surface area contributed by atoms with Crippen molar-refractivity contribution in [3.8, 4) is 0 Å². The van der Waals surface area contributed by atoms with E-state index in [-0.39, 0.29) is 11.4 Å². The maximum atomic E-state index is 12.2. The molecular formula is C16H25ClN6O3. The second-order valence-electron chi connectivity index (χ2n) is 7.26. The summed E-state index contributed by atoms with van der Waals surface area (Å²) < 4.78 is 10.8. The molecule has 2 saturated heterocycles. The Kier molecular flexibility index (Phi) is 5.67. The molecule has 10 heteroatoms. The summed E-state index contributed by atoms with van der Waals surface area (Å²) in [7, 11) is 0. The van der Waals surface area contributed by atoms with Gasteiger partial charge in [0.05, 0.1) is 13.2 Å². The zero-order chi connectivity index (χ0) is 18.7. The monoisotopic (exact) mass is 384 g/mol. The second kappa shape index (κ2) is 7.79. The fourth-order valence-electron chi connectivity index (χ4n) is 2.79. The van der Waals surface area contributed by atoms with Crippen LogP contribution < -0.4 is 9.80 Å². The zero-order valence-electron chi connectivity index (χ0n) is 15.4. The smallest absolute Gasteiger partial charge is 0.410 e. The Bertz CT molecular complexity index is 639. The minimum absolute atomic E-state index is 0.172. The molecule has 1 aromatic heterocycles. The van der Waals surface area contributed by atoms with Crippen LogP contribution in [0.3, 0.4) is 0 Å². The lowest BCUT2D eigenvalue weighted by Crippen LogP contribution is -2.50. The van der Waals surface area contributed by atoms with E-state index in [9.17, 15) is 4.79 Å². The van der Waals surface area contributed by atoms with Crippen molar-refractivity contribution >= 4 is 29.6 Å². The highest BCUT2D eigenvalue weighted by Crippen LogP contribution is 2.19. The maximum Gasteiger partial charge on any atom is 0.410 e. The molecule has 0 aliphatic carbocycles. The van der Waals surface area contributed by atoms with Gasteiger partial charge in [-0.3, -0.25) is 0 Å². The molecule has 26 heavy (non-hydrogen) atoms. The Morgan fingerprint density at radius 2 is 1.50 bits per heavy atom. The first-order valence-electron chi connectivity index (χ1n) is 8.79. The topological polar surface area (TPSA) is 83.9 Å². The van der Waals surface area contributed by atoms with Crippen LogP contribution in [0.2, 0.25) is 5.28 Å². The van der Waals surface area contributed by atoms with Gasteiger partial charge in [-0.15, -0.1) is 0 Å². The molecule has 0 atom stereocenters. The van der Waals surface area contributed by atoms with E-state index < -0.39 is 5.60 Å². The maximum absolute atomic E-state index is 12.2. The van der Waals surface area contributed by atoms with Crippen LogP contribution in [0, 0.1) is 0 Å². The lowest BCUT2D eigenvalue weighted by atomic mass is 10.2. The van der Waals surface area contributed by atoms with E-state index in [0.29, 0.717) is 51.3 Å². The highest BCUT2D eigenvalue weighted by Gasteiger charge is 2.27. The molecule has 3 heterocycles. The van der Waals surface area contributed by atoms with E-state index in [1.165, 1.54) is 0 Å². The molecule has 0 radical (unpaired) electrons. The summed E-state index contributed by atoms with van der Waals surface area (Å²) in [5.74, 6) is 1.10. The Morgan fingerprint density at radius 1 is 0.962 bits per heavy atom. The summed E-state index contributed by atoms with van der Waals surface area (Å²) in [6.07, 6.45) is -0.292. The van der Waals surface area contributed by atoms with Crippen molar-refractivity contribution in [2.75, 3.05) is 62.3 Å². The van der Waals surface area contributed by atoms with Crippen LogP contribution in [0.25, 0.3) is 0 Å². The van der Waals surface area contributed by atoms with Crippen molar-refractivity contribution in [3.05, 3.63) is 5.28 Å². The van der Waals surface area contributed by atoms with Gasteiger partial charge in [-0.05, 0) is 32.4 Å². The van der Waals surface area contributed by atoms with E-state index in [4.69, 9.17) is 21.1 Å². The van der Waals surface area contributed by atoms with E-state index >= 15 is 0 Å². The van der Waals surface area contributed by atoms with Crippen molar-refractivity contribution in [2.45, 2.75) is 26.4 Å². The van der Waals surface area contributed by atoms with Crippen molar-refractivity contribution in [1.29, 1.82) is 0 Å². The Hall–Kier alpha value is -1.87. The molecule has 2 aliphatic heterocycles. The summed E-state index contributed by atoms with van der Waals surface area (Å²) in [4.78, 5) is 31.0. The third kappa shape index (κ3) is 4.85. The van der Waals surface area contributed by atoms with Gasteiger partial charge in [0.25, 0.3) is 0 Å². The number of morpholine rings is 1. The second-order valence-corrected chi connectivity index (χ2v) is 7.60. The molecule has 1 amide bonds. The van der Waals surface area contributed by atoms with Gasteiger partial charge in [-0.1, -0.05) is 0 Å². The number of nitrogens with zero attached hydrogens (tertiary/aromatic N) is 6. The third-order valence-electron chi connectivity index (χ3n) is 4.09. The average molecular weight is 385 g/mol. The number of ether oxygens (including phenoxy) is 2. The van der Waals surface area contributed by atoms with Gasteiger partial charge in [0.2, 0.25) is 17.2 Å². The Balaban J connectivity index is 1.64. The third-order valence-corrected chi connectivity index (χ3v) is 4.26. The van der Waals surface area contributed by atoms with Crippen molar-refractivity contribution in [3.63, 3.8) is 0 Å². The lowest BCUT2D eigenvalue weighted by molar-refractivity contribution is 0.0240. The van der Waals surface area contributed by atoms with Crippen LogP contribution in [0.4, 0.5) is 16.7 Å². The predicted molar refractivity (Wildman–Crippen MR) is 97.9 cm³/mol. The van der Waals surface area contributed by atoms with Crippen LogP contribution in [0.15, 0.2) is 0 Å². The van der Waals surface area contributed by atoms with Crippen LogP contribution >= 0.6 is 11.6 Å². The lowest BCUT2D eigenvalue weighted by Gasteiger charge is -2.36. The summed E-state index contributed by atoms with van der Waals surface area (Å²) in [5, 5.41) is 0.172. The Morgan fingerprint density at radius 3 is 2.04 bits per heavy atom. The first kappa shape index (κ1) is 18.9. The molecule has 3 rings (SSSR count). The molecule has 0 aromatic carbocycles. The van der Waals surface area contributed by atoms with Crippen molar-refractivity contribution in [2.24, 2.45) is 0 Å². The number of hydrogen-bond acceptors (Lipinski definition) is 8. The molecule has 1 aromatic rings. The van der Waals surface area contributed by atoms with Gasteiger partial charge in [-0.25, -0.2) is 4.79 Å². The summed E-state index contributed by atoms with van der Waals surface area (Å²) in [5.41, 5.74) is -0.497. The van der Waals surface area contributed by atoms with Gasteiger partial charge in [0.15, 0.2) is 0 Å². The fraction of sp³-hybridized carbons (Fsp3) is 0.750. The summed E-state index contributed by atoms with van der Waals surface area (Å²) in [6.45, 7) is 10.7. The first-order valence-corrected chi connectivity index (χ1v) is 9.17. The van der Waals surface area contributed by atoms with Crippen LogP contribution in [0.1, 0.15) is 20.8 Å². The minimum atomic E-state index is -0.497. The largest absolute Gasteiger partial charge is 0.444 e. The zero-order valence-corrected chi connectivity index (χ0v) is 16.2. The number of carbonyl (C=O) groups is 1. The Labute approximate surface area is 158 Å². The van der Waals surface area contributed by atoms with Gasteiger partial charge < -0.3 is 24.2 Å². The SMILES string of the molecule is CC(C)(C)OC(=O)N1CCN(c2nc(Cl)nc(N3CCOCC3)n2)CC1. The van der Waals surface area contributed by atoms with Gasteiger partial charge in [-0.2, -0.15) is 15.0 Å². The van der Waals surface area contributed by atoms with E-state index in [2.05, 4.69) is 15.0 Å². The quantitative estimate of drug-likeness (QED) is 0.757. The van der Waals surface area contributed by atoms with Crippen LogP contribution in [-0.4, -0.2) is 84.0 Å². The van der Waals surface area contributed by atoms with E-state index in [1.807, 2.05) is 30.6 Å². The molecule has 0 bridgehead atoms. The molecule has 2 aliphatic rings. The number of aromatic nitrogens is 3. The number of rotatable bonds is 2. The van der Waals surface area contributed by atoms with Crippen LogP contribution in [-0.2, 0) is 9.47 Å². The van der Waals surface area contributed by atoms with Crippen molar-refractivity contribution < 1.29 is 14.3 Å². The van der Waals surface area contributed by atoms with Crippen LogP contribution in [0.5, 0.6) is 0 Å². The molecule has 0 N–H and O–H groups in total.